The smallest absolute Gasteiger partial charge is 0.0945 e. The summed E-state index contributed by atoms with van der Waals surface area (Å²) in [6, 6.07) is 9.92. The molecule has 0 unspecified atom stereocenters. The fourth-order valence-corrected chi connectivity index (χ4v) is 4.75. The summed E-state index contributed by atoms with van der Waals surface area (Å²) in [5.74, 6) is -0.237. The number of unbranched alkanes of at least 4 members (excludes halogenated alkanes) is 7. The van der Waals surface area contributed by atoms with Crippen molar-refractivity contribution in [3.05, 3.63) is 30.3 Å². The molecule has 34 heavy (non-hydrogen) atoms. The highest BCUT2D eigenvalue weighted by atomic mass is 32.2. The lowest BCUT2D eigenvalue weighted by Gasteiger charge is -2.39. The molecule has 1 aromatic rings. The minimum absolute atomic E-state index is 0.237. The first-order valence-corrected chi connectivity index (χ1v) is 15.5. The van der Waals surface area contributed by atoms with E-state index in [1.165, 1.54) is 82.0 Å². The van der Waals surface area contributed by atoms with Gasteiger partial charge in [-0.2, -0.15) is 0 Å². The van der Waals surface area contributed by atoms with E-state index in [0.29, 0.717) is 6.42 Å². The molecule has 200 valence electrons. The topological polar surface area (TPSA) is 69.2 Å². The molecular weight excluding hydrogens is 444 g/mol. The Morgan fingerprint density at radius 2 is 1.12 bits per heavy atom. The Morgan fingerprint density at radius 3 is 1.53 bits per heavy atom. The minimum atomic E-state index is -4.03. The Bertz CT molecular complexity index is 628. The minimum Gasteiger partial charge on any atom is -0.748 e. The Balaban J connectivity index is 0.000000641. The maximum Gasteiger partial charge on any atom is 0.0945 e. The summed E-state index contributed by atoms with van der Waals surface area (Å²) < 4.78 is 32.4. The SMILES string of the molecule is CCCC[N+](CCCC)(CCCC)CCCC.O=S(=O)([O-])CCCCCCNc1ccccc1. The summed E-state index contributed by atoms with van der Waals surface area (Å²) >= 11 is 0. The van der Waals surface area contributed by atoms with Gasteiger partial charge in [-0.05, 0) is 50.7 Å². The summed E-state index contributed by atoms with van der Waals surface area (Å²) in [4.78, 5) is 0. The molecule has 0 saturated heterocycles. The van der Waals surface area contributed by atoms with Gasteiger partial charge in [-0.15, -0.1) is 0 Å². The van der Waals surface area contributed by atoms with Gasteiger partial charge in [0.2, 0.25) is 0 Å². The lowest BCUT2D eigenvalue weighted by Crippen LogP contribution is -2.50. The average molecular weight is 499 g/mol. The van der Waals surface area contributed by atoms with Crippen LogP contribution in [0.3, 0.4) is 0 Å². The molecule has 0 fully saturated rings. The van der Waals surface area contributed by atoms with Gasteiger partial charge in [0.05, 0.1) is 36.3 Å². The van der Waals surface area contributed by atoms with Crippen molar-refractivity contribution >= 4 is 15.8 Å². The van der Waals surface area contributed by atoms with E-state index >= 15 is 0 Å². The van der Waals surface area contributed by atoms with Gasteiger partial charge in [0.25, 0.3) is 0 Å². The van der Waals surface area contributed by atoms with Gasteiger partial charge in [-0.25, -0.2) is 8.42 Å². The molecule has 1 rings (SSSR count). The van der Waals surface area contributed by atoms with E-state index < -0.39 is 10.1 Å². The fraction of sp³-hybridized carbons (Fsp3) is 0.786. The van der Waals surface area contributed by atoms with Crippen molar-refractivity contribution in [1.82, 2.24) is 0 Å². The normalized spacial score (nSPS) is 11.7. The molecule has 0 aromatic heterocycles. The molecule has 0 bridgehead atoms. The maximum atomic E-state index is 10.3. The van der Waals surface area contributed by atoms with Gasteiger partial charge in [0, 0.05) is 18.0 Å². The molecule has 0 amide bonds. The Hall–Kier alpha value is -1.11. The van der Waals surface area contributed by atoms with Crippen molar-refractivity contribution in [1.29, 1.82) is 0 Å². The highest BCUT2D eigenvalue weighted by molar-refractivity contribution is 7.85. The second kappa shape index (κ2) is 21.2. The highest BCUT2D eigenvalue weighted by Gasteiger charge is 2.24. The summed E-state index contributed by atoms with van der Waals surface area (Å²) in [5, 5.41) is 3.27. The van der Waals surface area contributed by atoms with Crippen molar-refractivity contribution in [2.45, 2.75) is 105 Å². The van der Waals surface area contributed by atoms with Crippen LogP contribution < -0.4 is 5.32 Å². The van der Waals surface area contributed by atoms with Crippen LogP contribution >= 0.6 is 0 Å². The van der Waals surface area contributed by atoms with Crippen molar-refractivity contribution in [3.8, 4) is 0 Å². The molecule has 0 aliphatic rings. The van der Waals surface area contributed by atoms with Crippen molar-refractivity contribution < 1.29 is 17.5 Å². The third-order valence-corrected chi connectivity index (χ3v) is 7.16. The number of nitrogens with zero attached hydrogens (tertiary/aromatic N) is 1. The lowest BCUT2D eigenvalue weighted by molar-refractivity contribution is -0.929. The van der Waals surface area contributed by atoms with Crippen molar-refractivity contribution in [2.24, 2.45) is 0 Å². The number of benzene rings is 1. The van der Waals surface area contributed by atoms with Crippen LogP contribution in [0.25, 0.3) is 0 Å². The van der Waals surface area contributed by atoms with Gasteiger partial charge >= 0.3 is 0 Å². The molecule has 0 spiro atoms. The van der Waals surface area contributed by atoms with Gasteiger partial charge in [0.1, 0.15) is 0 Å². The summed E-state index contributed by atoms with van der Waals surface area (Å²) in [5.41, 5.74) is 1.09. The summed E-state index contributed by atoms with van der Waals surface area (Å²) in [6.07, 6.45) is 14.2. The third kappa shape index (κ3) is 19.2. The average Bonchev–Trinajstić information content (AvgIpc) is 2.83. The Labute approximate surface area is 212 Å². The first-order valence-electron chi connectivity index (χ1n) is 13.9. The second-order valence-electron chi connectivity index (χ2n) is 9.62. The molecule has 6 heteroatoms. The van der Waals surface area contributed by atoms with E-state index in [2.05, 4.69) is 33.0 Å². The highest BCUT2D eigenvalue weighted by Crippen LogP contribution is 2.16. The van der Waals surface area contributed by atoms with Crippen LogP contribution in [0, 0.1) is 0 Å². The van der Waals surface area contributed by atoms with Gasteiger partial charge in [-0.3, -0.25) is 0 Å². The number of para-hydroxylation sites is 1. The molecule has 1 N–H and O–H groups in total. The number of hydrogen-bond acceptors (Lipinski definition) is 4. The summed E-state index contributed by atoms with van der Waals surface area (Å²) in [7, 11) is -4.03. The van der Waals surface area contributed by atoms with Crippen LogP contribution in [0.2, 0.25) is 0 Å². The molecule has 0 atom stereocenters. The molecule has 0 saturated carbocycles. The van der Waals surface area contributed by atoms with Crippen LogP contribution in [0.4, 0.5) is 5.69 Å². The van der Waals surface area contributed by atoms with Crippen molar-refractivity contribution in [2.75, 3.05) is 43.8 Å². The largest absolute Gasteiger partial charge is 0.748 e. The Morgan fingerprint density at radius 1 is 0.676 bits per heavy atom. The predicted octanol–water partition coefficient (Wildman–Crippen LogP) is 7.21. The van der Waals surface area contributed by atoms with Gasteiger partial charge in [-0.1, -0.05) is 84.4 Å². The number of quaternary nitrogens is 1. The molecule has 0 radical (unpaired) electrons. The van der Waals surface area contributed by atoms with E-state index in [-0.39, 0.29) is 5.75 Å². The number of nitrogens with one attached hydrogen (secondary N) is 1. The maximum absolute atomic E-state index is 10.3. The monoisotopic (exact) mass is 498 g/mol. The second-order valence-corrected chi connectivity index (χ2v) is 11.1. The zero-order valence-corrected chi connectivity index (χ0v) is 23.5. The molecule has 0 aliphatic carbocycles. The number of hydrogen-bond donors (Lipinski definition) is 1. The fourth-order valence-electron chi connectivity index (χ4n) is 4.19. The summed E-state index contributed by atoms with van der Waals surface area (Å²) in [6.45, 7) is 15.9. The van der Waals surface area contributed by atoms with Gasteiger partial charge < -0.3 is 14.4 Å². The predicted molar refractivity (Wildman–Crippen MR) is 147 cm³/mol. The van der Waals surface area contributed by atoms with E-state index in [1.54, 1.807) is 0 Å². The van der Waals surface area contributed by atoms with Crippen LogP contribution in [0.1, 0.15) is 105 Å². The number of anilines is 1. The molecule has 5 nitrogen and oxygen atoms in total. The molecule has 1 aromatic carbocycles. The zero-order valence-electron chi connectivity index (χ0n) is 22.7. The third-order valence-electron chi connectivity index (χ3n) is 6.37. The van der Waals surface area contributed by atoms with E-state index in [0.717, 1.165) is 31.5 Å². The standard InChI is InChI=1S/C16H36N.C12H19NO3S/c1-5-9-13-17(14-10-6-2,15-11-7-3)16-12-8-4;14-17(15,16)11-7-2-1-6-10-13-12-8-4-3-5-9-12/h5-16H2,1-4H3;3-5,8-9,13H,1-2,6-7,10-11H2,(H,14,15,16)/q+1;/p-1. The molecular formula is C28H54N2O3S. The van der Waals surface area contributed by atoms with Crippen LogP contribution in [0.5, 0.6) is 0 Å². The van der Waals surface area contributed by atoms with E-state index in [1.807, 2.05) is 30.3 Å². The lowest BCUT2D eigenvalue weighted by atomic mass is 10.1. The quantitative estimate of drug-likeness (QED) is 0.117. The van der Waals surface area contributed by atoms with Crippen LogP contribution in [-0.2, 0) is 10.1 Å². The molecule has 0 aliphatic heterocycles. The van der Waals surface area contributed by atoms with Crippen LogP contribution in [0.15, 0.2) is 30.3 Å². The number of rotatable bonds is 20. The van der Waals surface area contributed by atoms with Crippen LogP contribution in [-0.4, -0.2) is 55.9 Å². The van der Waals surface area contributed by atoms with E-state index in [4.69, 9.17) is 0 Å². The van der Waals surface area contributed by atoms with E-state index in [9.17, 15) is 13.0 Å². The molecule has 0 heterocycles. The Kier molecular flexibility index (Phi) is 20.5. The van der Waals surface area contributed by atoms with Crippen molar-refractivity contribution in [3.63, 3.8) is 0 Å². The first-order chi connectivity index (χ1) is 16.3. The zero-order chi connectivity index (χ0) is 25.5. The van der Waals surface area contributed by atoms with Gasteiger partial charge in [0.15, 0.2) is 0 Å². The first kappa shape index (κ1) is 32.9.